The smallest absolute Gasteiger partial charge is 0.267 e. The van der Waals surface area contributed by atoms with Crippen molar-refractivity contribution in [1.82, 2.24) is 5.32 Å². The quantitative estimate of drug-likeness (QED) is 0.841. The minimum Gasteiger partial charge on any atom is -0.351 e. The number of nitrogens with zero attached hydrogens (tertiary/aromatic N) is 2. The van der Waals surface area contributed by atoms with Crippen molar-refractivity contribution in [3.05, 3.63) is 66.2 Å². The summed E-state index contributed by atoms with van der Waals surface area (Å²) in [6.45, 7) is 0.373. The minimum absolute atomic E-state index is 0.00824. The predicted molar refractivity (Wildman–Crippen MR) is 110 cm³/mol. The summed E-state index contributed by atoms with van der Waals surface area (Å²) >= 11 is 0. The molecule has 0 aliphatic carbocycles. The van der Waals surface area contributed by atoms with Gasteiger partial charge >= 0.3 is 0 Å². The number of nitrogens with one attached hydrogen (secondary N) is 1. The third-order valence-electron chi connectivity index (χ3n) is 5.26. The molecule has 0 saturated carbocycles. The van der Waals surface area contributed by atoms with Crippen molar-refractivity contribution in [3.8, 4) is 0 Å². The molecule has 2 unspecified atom stereocenters. The van der Waals surface area contributed by atoms with Crippen LogP contribution in [0.15, 0.2) is 65.8 Å². The summed E-state index contributed by atoms with van der Waals surface area (Å²) in [7, 11) is -2.94. The van der Waals surface area contributed by atoms with Crippen molar-refractivity contribution in [2.45, 2.75) is 18.9 Å². The fraction of sp³-hybridized carbons (Fsp3) is 0.333. The fourth-order valence-corrected chi connectivity index (χ4v) is 5.63. The number of carbonyl (C=O) groups excluding carboxylic acids is 1. The summed E-state index contributed by atoms with van der Waals surface area (Å²) in [5, 5.41) is 9.39. The highest BCUT2D eigenvalue weighted by molar-refractivity contribution is 7.91. The van der Waals surface area contributed by atoms with Crippen molar-refractivity contribution < 1.29 is 13.2 Å². The number of hydrazone groups is 1. The number of sulfone groups is 1. The number of benzene rings is 2. The Hall–Kier alpha value is -2.67. The Morgan fingerprint density at radius 3 is 2.39 bits per heavy atom. The van der Waals surface area contributed by atoms with E-state index in [1.807, 2.05) is 65.7 Å². The lowest BCUT2D eigenvalue weighted by Crippen LogP contribution is -2.34. The van der Waals surface area contributed by atoms with Gasteiger partial charge in [-0.2, -0.15) is 5.10 Å². The second kappa shape index (κ2) is 7.75. The number of anilines is 1. The Kier molecular flexibility index (Phi) is 5.17. The topological polar surface area (TPSA) is 78.8 Å². The maximum Gasteiger partial charge on any atom is 0.267 e. The first-order chi connectivity index (χ1) is 13.5. The molecule has 6 nitrogen and oxygen atoms in total. The molecule has 28 heavy (non-hydrogen) atoms. The third kappa shape index (κ3) is 4.09. The molecule has 0 radical (unpaired) electrons. The second-order valence-electron chi connectivity index (χ2n) is 7.34. The van der Waals surface area contributed by atoms with Crippen LogP contribution in [0.5, 0.6) is 0 Å². The van der Waals surface area contributed by atoms with E-state index in [4.69, 9.17) is 0 Å². The van der Waals surface area contributed by atoms with Crippen LogP contribution in [0.3, 0.4) is 0 Å². The molecule has 146 valence electrons. The molecule has 7 heteroatoms. The molecular weight excluding hydrogens is 374 g/mol. The summed E-state index contributed by atoms with van der Waals surface area (Å²) in [6.07, 6.45) is 1.12. The summed E-state index contributed by atoms with van der Waals surface area (Å²) < 4.78 is 23.2. The van der Waals surface area contributed by atoms with E-state index in [2.05, 4.69) is 10.4 Å². The van der Waals surface area contributed by atoms with E-state index >= 15 is 0 Å². The number of amides is 1. The van der Waals surface area contributed by atoms with Gasteiger partial charge < -0.3 is 5.32 Å². The molecule has 2 aliphatic rings. The number of para-hydroxylation sites is 1. The van der Waals surface area contributed by atoms with Crippen molar-refractivity contribution in [3.63, 3.8) is 0 Å². The van der Waals surface area contributed by atoms with E-state index in [1.165, 1.54) is 0 Å². The Morgan fingerprint density at radius 2 is 1.75 bits per heavy atom. The molecule has 0 spiro atoms. The second-order valence-corrected chi connectivity index (χ2v) is 9.57. The predicted octanol–water partition coefficient (Wildman–Crippen LogP) is 2.54. The fourth-order valence-electron chi connectivity index (χ4n) is 3.77. The first-order valence-corrected chi connectivity index (χ1v) is 11.3. The average molecular weight is 398 g/mol. The van der Waals surface area contributed by atoms with E-state index in [9.17, 15) is 13.2 Å². The SMILES string of the molecule is O=C(NCC1CCS(=O)(=O)C1)C1=NN(c2ccccc2)C(c2ccccc2)C1. The Morgan fingerprint density at radius 1 is 1.07 bits per heavy atom. The number of carbonyl (C=O) groups is 1. The molecule has 0 bridgehead atoms. The van der Waals surface area contributed by atoms with Gasteiger partial charge in [0, 0.05) is 13.0 Å². The Labute approximate surface area is 165 Å². The monoisotopic (exact) mass is 397 g/mol. The van der Waals surface area contributed by atoms with Gasteiger partial charge in [0.25, 0.3) is 5.91 Å². The van der Waals surface area contributed by atoms with Crippen LogP contribution in [0.25, 0.3) is 0 Å². The van der Waals surface area contributed by atoms with Crippen LogP contribution in [-0.2, 0) is 14.6 Å². The Bertz CT molecular complexity index is 974. The molecule has 2 aromatic carbocycles. The molecule has 1 amide bonds. The van der Waals surface area contributed by atoms with Gasteiger partial charge in [0.05, 0.1) is 23.2 Å². The zero-order valence-corrected chi connectivity index (χ0v) is 16.3. The van der Waals surface area contributed by atoms with Crippen LogP contribution >= 0.6 is 0 Å². The van der Waals surface area contributed by atoms with E-state index in [0.29, 0.717) is 25.1 Å². The van der Waals surface area contributed by atoms with Crippen LogP contribution in [0.2, 0.25) is 0 Å². The van der Waals surface area contributed by atoms with Crippen LogP contribution in [0.4, 0.5) is 5.69 Å². The average Bonchev–Trinajstić information content (AvgIpc) is 3.31. The first kappa shape index (κ1) is 18.7. The van der Waals surface area contributed by atoms with E-state index in [0.717, 1.165) is 11.3 Å². The number of rotatable bonds is 5. The van der Waals surface area contributed by atoms with E-state index in [-0.39, 0.29) is 29.4 Å². The highest BCUT2D eigenvalue weighted by Gasteiger charge is 2.33. The Balaban J connectivity index is 1.50. The molecule has 2 aliphatic heterocycles. The lowest BCUT2D eigenvalue weighted by atomic mass is 10.0. The maximum atomic E-state index is 12.7. The molecule has 4 rings (SSSR count). The molecule has 1 N–H and O–H groups in total. The van der Waals surface area contributed by atoms with Gasteiger partial charge in [-0.1, -0.05) is 48.5 Å². The first-order valence-electron chi connectivity index (χ1n) is 9.47. The normalized spacial score (nSPS) is 23.4. The van der Waals surface area contributed by atoms with Crippen LogP contribution in [0.1, 0.15) is 24.4 Å². The van der Waals surface area contributed by atoms with Crippen LogP contribution < -0.4 is 10.3 Å². The zero-order chi connectivity index (χ0) is 19.6. The van der Waals surface area contributed by atoms with Gasteiger partial charge in [-0.05, 0) is 30.0 Å². The summed E-state index contributed by atoms with van der Waals surface area (Å²) in [5.41, 5.74) is 2.50. The number of hydrogen-bond acceptors (Lipinski definition) is 5. The molecule has 2 atom stereocenters. The minimum atomic E-state index is -2.94. The molecule has 0 aromatic heterocycles. The van der Waals surface area contributed by atoms with Crippen LogP contribution in [-0.4, -0.2) is 38.1 Å². The van der Waals surface area contributed by atoms with Crippen molar-refractivity contribution in [2.24, 2.45) is 11.0 Å². The van der Waals surface area contributed by atoms with Gasteiger partial charge in [-0.25, -0.2) is 8.42 Å². The molecule has 2 heterocycles. The standard InChI is InChI=1S/C21H23N3O3S/c25-21(22-14-16-11-12-28(26,27)15-16)19-13-20(17-7-3-1-4-8-17)24(23-19)18-9-5-2-6-10-18/h1-10,16,20H,11-15H2,(H,22,25). The zero-order valence-electron chi connectivity index (χ0n) is 15.5. The van der Waals surface area contributed by atoms with Crippen molar-refractivity contribution in [2.75, 3.05) is 23.1 Å². The van der Waals surface area contributed by atoms with Gasteiger partial charge in [-0.15, -0.1) is 0 Å². The van der Waals surface area contributed by atoms with Crippen molar-refractivity contribution >= 4 is 27.1 Å². The summed E-state index contributed by atoms with van der Waals surface area (Å²) in [6, 6.07) is 19.8. The lowest BCUT2D eigenvalue weighted by Gasteiger charge is -2.23. The van der Waals surface area contributed by atoms with E-state index < -0.39 is 9.84 Å². The summed E-state index contributed by atoms with van der Waals surface area (Å²) in [4.78, 5) is 12.7. The summed E-state index contributed by atoms with van der Waals surface area (Å²) in [5.74, 6) is 0.143. The van der Waals surface area contributed by atoms with Gasteiger partial charge in [-0.3, -0.25) is 9.80 Å². The third-order valence-corrected chi connectivity index (χ3v) is 7.09. The van der Waals surface area contributed by atoms with Gasteiger partial charge in [0.15, 0.2) is 9.84 Å². The van der Waals surface area contributed by atoms with Crippen LogP contribution in [0, 0.1) is 5.92 Å². The largest absolute Gasteiger partial charge is 0.351 e. The van der Waals surface area contributed by atoms with Crippen molar-refractivity contribution in [1.29, 1.82) is 0 Å². The maximum absolute atomic E-state index is 12.7. The van der Waals surface area contributed by atoms with Gasteiger partial charge in [0.2, 0.25) is 0 Å². The van der Waals surface area contributed by atoms with E-state index in [1.54, 1.807) is 0 Å². The lowest BCUT2D eigenvalue weighted by molar-refractivity contribution is -0.115. The molecule has 1 fully saturated rings. The highest BCUT2D eigenvalue weighted by atomic mass is 32.2. The van der Waals surface area contributed by atoms with Gasteiger partial charge in [0.1, 0.15) is 5.71 Å². The molecule has 1 saturated heterocycles. The molecular formula is C21H23N3O3S. The number of hydrogen-bond donors (Lipinski definition) is 1. The molecule has 2 aromatic rings. The highest BCUT2D eigenvalue weighted by Crippen LogP contribution is 2.35.